The van der Waals surface area contributed by atoms with Crippen molar-refractivity contribution in [3.8, 4) is 0 Å². The van der Waals surface area contributed by atoms with Crippen LogP contribution in [0.4, 0.5) is 0 Å². The molecule has 2 aliphatic rings. The van der Waals surface area contributed by atoms with Crippen LogP contribution >= 0.6 is 0 Å². The zero-order valence-corrected chi connectivity index (χ0v) is 15.6. The van der Waals surface area contributed by atoms with Gasteiger partial charge in [-0.3, -0.25) is 0 Å². The molecule has 0 saturated heterocycles. The Kier molecular flexibility index (Phi) is 4.68. The second-order valence-electron chi connectivity index (χ2n) is 10.2. The molecule has 21 heavy (non-hydrogen) atoms. The van der Waals surface area contributed by atoms with E-state index in [1.165, 1.54) is 32.1 Å². The number of allylic oxidation sites excluding steroid dienone is 1. The highest BCUT2D eigenvalue weighted by molar-refractivity contribution is 5.10. The SMILES string of the molecule is C=C(CC(C)C)C1CC(C(C)(C)C)C2CCC(C)(C)C2C1. The van der Waals surface area contributed by atoms with Crippen LogP contribution in [-0.2, 0) is 0 Å². The van der Waals surface area contributed by atoms with Crippen molar-refractivity contribution >= 4 is 0 Å². The van der Waals surface area contributed by atoms with Gasteiger partial charge in [0.05, 0.1) is 0 Å². The Bertz CT molecular complexity index is 379. The summed E-state index contributed by atoms with van der Waals surface area (Å²) >= 11 is 0. The predicted octanol–water partition coefficient (Wildman–Crippen LogP) is 6.71. The van der Waals surface area contributed by atoms with E-state index in [1.807, 2.05) is 0 Å². The van der Waals surface area contributed by atoms with Crippen molar-refractivity contribution in [1.82, 2.24) is 0 Å². The lowest BCUT2D eigenvalue weighted by molar-refractivity contribution is 0.0247. The first kappa shape index (κ1) is 17.1. The van der Waals surface area contributed by atoms with E-state index >= 15 is 0 Å². The van der Waals surface area contributed by atoms with Crippen LogP contribution in [0.2, 0.25) is 0 Å². The molecule has 2 aliphatic carbocycles. The van der Waals surface area contributed by atoms with Gasteiger partial charge < -0.3 is 0 Å². The van der Waals surface area contributed by atoms with Crippen LogP contribution in [0.1, 0.15) is 80.6 Å². The van der Waals surface area contributed by atoms with Crippen molar-refractivity contribution in [3.05, 3.63) is 12.2 Å². The minimum atomic E-state index is 0.445. The molecular formula is C21H38. The zero-order chi connectivity index (χ0) is 16.0. The van der Waals surface area contributed by atoms with Crippen LogP contribution in [0.3, 0.4) is 0 Å². The summed E-state index contributed by atoms with van der Waals surface area (Å²) in [4.78, 5) is 0. The highest BCUT2D eigenvalue weighted by Crippen LogP contribution is 2.60. The predicted molar refractivity (Wildman–Crippen MR) is 94.3 cm³/mol. The summed E-state index contributed by atoms with van der Waals surface area (Å²) < 4.78 is 0. The lowest BCUT2D eigenvalue weighted by atomic mass is 9.57. The maximum atomic E-state index is 4.50. The molecule has 0 amide bonds. The van der Waals surface area contributed by atoms with Crippen LogP contribution < -0.4 is 0 Å². The van der Waals surface area contributed by atoms with E-state index in [9.17, 15) is 0 Å². The summed E-state index contributed by atoms with van der Waals surface area (Å²) in [7, 11) is 0. The molecule has 122 valence electrons. The van der Waals surface area contributed by atoms with Crippen LogP contribution in [0.15, 0.2) is 12.2 Å². The molecule has 0 aromatic carbocycles. The monoisotopic (exact) mass is 290 g/mol. The molecule has 0 heterocycles. The van der Waals surface area contributed by atoms with Gasteiger partial charge in [-0.05, 0) is 72.5 Å². The lowest BCUT2D eigenvalue weighted by Gasteiger charge is -2.48. The summed E-state index contributed by atoms with van der Waals surface area (Å²) in [6.07, 6.45) is 6.92. The molecule has 0 aromatic rings. The maximum Gasteiger partial charge on any atom is -0.0200 e. The Morgan fingerprint density at radius 2 is 1.81 bits per heavy atom. The van der Waals surface area contributed by atoms with Gasteiger partial charge in [-0.15, -0.1) is 0 Å². The van der Waals surface area contributed by atoms with Gasteiger partial charge in [0, 0.05) is 0 Å². The van der Waals surface area contributed by atoms with Crippen LogP contribution in [-0.4, -0.2) is 0 Å². The van der Waals surface area contributed by atoms with Gasteiger partial charge in [0.2, 0.25) is 0 Å². The van der Waals surface area contributed by atoms with E-state index in [0.29, 0.717) is 10.8 Å². The van der Waals surface area contributed by atoms with Crippen molar-refractivity contribution in [2.45, 2.75) is 80.6 Å². The molecule has 4 atom stereocenters. The summed E-state index contributed by atoms with van der Waals surface area (Å²) in [6, 6.07) is 0. The van der Waals surface area contributed by atoms with E-state index in [1.54, 1.807) is 5.57 Å². The molecule has 4 unspecified atom stereocenters. The first-order valence-corrected chi connectivity index (χ1v) is 9.20. The standard InChI is InChI=1S/C21H38/c1-14(2)11-15(3)16-12-18(20(4,5)6)17-9-10-21(7,8)19(17)13-16/h14,16-19H,3,9-13H2,1-2,4-8H3. The quantitative estimate of drug-likeness (QED) is 0.506. The van der Waals surface area contributed by atoms with E-state index in [0.717, 1.165) is 29.6 Å². The highest BCUT2D eigenvalue weighted by atomic mass is 14.6. The summed E-state index contributed by atoms with van der Waals surface area (Å²) in [6.45, 7) is 21.6. The van der Waals surface area contributed by atoms with Crippen LogP contribution in [0.25, 0.3) is 0 Å². The Balaban J connectivity index is 2.22. The Morgan fingerprint density at radius 1 is 1.19 bits per heavy atom. The first-order valence-electron chi connectivity index (χ1n) is 9.20. The largest absolute Gasteiger partial charge is 0.0996 e. The van der Waals surface area contributed by atoms with Gasteiger partial charge in [0.25, 0.3) is 0 Å². The molecule has 0 heteroatoms. The molecule has 2 saturated carbocycles. The molecule has 0 N–H and O–H groups in total. The second kappa shape index (κ2) is 5.74. The molecule has 0 spiro atoms. The summed E-state index contributed by atoms with van der Waals surface area (Å²) in [5.41, 5.74) is 2.53. The molecule has 0 nitrogen and oxygen atoms in total. The van der Waals surface area contributed by atoms with Crippen molar-refractivity contribution < 1.29 is 0 Å². The molecule has 0 aromatic heterocycles. The normalized spacial score (nSPS) is 35.8. The first-order chi connectivity index (χ1) is 9.52. The average molecular weight is 291 g/mol. The van der Waals surface area contributed by atoms with Gasteiger partial charge in [-0.25, -0.2) is 0 Å². The zero-order valence-electron chi connectivity index (χ0n) is 15.6. The fourth-order valence-electron chi connectivity index (χ4n) is 5.38. The smallest absolute Gasteiger partial charge is 0.0200 e. The molecule has 0 radical (unpaired) electrons. The van der Waals surface area contributed by atoms with Crippen molar-refractivity contribution in [1.29, 1.82) is 0 Å². The molecule has 0 bridgehead atoms. The van der Waals surface area contributed by atoms with Gasteiger partial charge in [0.15, 0.2) is 0 Å². The average Bonchev–Trinajstić information content (AvgIpc) is 2.62. The fourth-order valence-corrected chi connectivity index (χ4v) is 5.38. The second-order valence-corrected chi connectivity index (χ2v) is 10.2. The molecule has 2 rings (SSSR count). The van der Waals surface area contributed by atoms with Gasteiger partial charge >= 0.3 is 0 Å². The van der Waals surface area contributed by atoms with Crippen molar-refractivity contribution in [2.75, 3.05) is 0 Å². The Labute approximate surface area is 133 Å². The third kappa shape index (κ3) is 3.57. The number of fused-ring (bicyclic) bond motifs is 1. The minimum Gasteiger partial charge on any atom is -0.0996 e. The summed E-state index contributed by atoms with van der Waals surface area (Å²) in [5, 5.41) is 0. The Morgan fingerprint density at radius 3 is 2.33 bits per heavy atom. The molecule has 0 aliphatic heterocycles. The maximum absolute atomic E-state index is 4.50. The van der Waals surface area contributed by atoms with E-state index in [-0.39, 0.29) is 0 Å². The Hall–Kier alpha value is -0.260. The third-order valence-electron chi connectivity index (χ3n) is 6.60. The molecular weight excluding hydrogens is 252 g/mol. The highest BCUT2D eigenvalue weighted by Gasteiger charge is 2.51. The lowest BCUT2D eigenvalue weighted by Crippen LogP contribution is -2.40. The fraction of sp³-hybridized carbons (Fsp3) is 0.905. The van der Waals surface area contributed by atoms with Crippen molar-refractivity contribution in [3.63, 3.8) is 0 Å². The van der Waals surface area contributed by atoms with E-state index in [2.05, 4.69) is 55.0 Å². The molecule has 2 fully saturated rings. The number of rotatable bonds is 3. The van der Waals surface area contributed by atoms with Gasteiger partial charge in [-0.2, -0.15) is 0 Å². The third-order valence-corrected chi connectivity index (χ3v) is 6.60. The van der Waals surface area contributed by atoms with Crippen LogP contribution in [0, 0.1) is 40.4 Å². The van der Waals surface area contributed by atoms with Crippen molar-refractivity contribution in [2.24, 2.45) is 40.4 Å². The topological polar surface area (TPSA) is 0 Å². The van der Waals surface area contributed by atoms with E-state index < -0.39 is 0 Å². The summed E-state index contributed by atoms with van der Waals surface area (Å²) in [5.74, 6) is 4.29. The van der Waals surface area contributed by atoms with Gasteiger partial charge in [-0.1, -0.05) is 60.6 Å². The van der Waals surface area contributed by atoms with Gasteiger partial charge in [0.1, 0.15) is 0 Å². The number of hydrogen-bond donors (Lipinski definition) is 0. The van der Waals surface area contributed by atoms with Crippen LogP contribution in [0.5, 0.6) is 0 Å². The number of hydrogen-bond acceptors (Lipinski definition) is 0. The minimum absolute atomic E-state index is 0.445. The van der Waals surface area contributed by atoms with E-state index in [4.69, 9.17) is 0 Å².